The third kappa shape index (κ3) is 2.62. The molecule has 0 bridgehead atoms. The number of phenolic OH excluding ortho intramolecular Hbond substituents is 1. The van der Waals surface area contributed by atoms with E-state index in [1.807, 2.05) is 24.3 Å². The lowest BCUT2D eigenvalue weighted by molar-refractivity contribution is 0.0980. The van der Waals surface area contributed by atoms with Gasteiger partial charge in [-0.2, -0.15) is 0 Å². The summed E-state index contributed by atoms with van der Waals surface area (Å²) in [6.07, 6.45) is 2.15. The van der Waals surface area contributed by atoms with E-state index >= 15 is 0 Å². The van der Waals surface area contributed by atoms with Crippen molar-refractivity contribution in [2.75, 3.05) is 0 Å². The van der Waals surface area contributed by atoms with Gasteiger partial charge in [-0.3, -0.25) is 4.79 Å². The summed E-state index contributed by atoms with van der Waals surface area (Å²) in [6.45, 7) is 0. The van der Waals surface area contributed by atoms with Gasteiger partial charge in [0, 0.05) is 5.56 Å². The van der Waals surface area contributed by atoms with Crippen molar-refractivity contribution in [1.82, 2.24) is 0 Å². The monoisotopic (exact) mass is 362 g/mol. The van der Waals surface area contributed by atoms with Gasteiger partial charge in [0.15, 0.2) is 5.78 Å². The number of allylic oxidation sites excluding steroid dienone is 1. The molecule has 28 heavy (non-hydrogen) atoms. The quantitative estimate of drug-likeness (QED) is 0.449. The first kappa shape index (κ1) is 16.5. The molecule has 1 aliphatic carbocycles. The maximum absolute atomic E-state index is 13.6. The van der Waals surface area contributed by atoms with Crippen LogP contribution in [-0.2, 0) is 0 Å². The van der Waals surface area contributed by atoms with Gasteiger partial charge in [-0.15, -0.1) is 0 Å². The van der Waals surface area contributed by atoms with Crippen LogP contribution >= 0.6 is 0 Å². The van der Waals surface area contributed by atoms with Crippen molar-refractivity contribution >= 4 is 28.2 Å². The average Bonchev–Trinajstić information content (AvgIpc) is 2.75. The maximum Gasteiger partial charge on any atom is 0.174 e. The highest BCUT2D eigenvalue weighted by Crippen LogP contribution is 2.44. The predicted molar refractivity (Wildman–Crippen MR) is 113 cm³/mol. The highest BCUT2D eigenvalue weighted by molar-refractivity contribution is 6.16. The predicted octanol–water partition coefficient (Wildman–Crippen LogP) is 6.07. The van der Waals surface area contributed by atoms with Crippen LogP contribution in [0.2, 0.25) is 0 Å². The molecule has 0 saturated heterocycles. The summed E-state index contributed by atoms with van der Waals surface area (Å²) in [5.74, 6) is -0.186. The van der Waals surface area contributed by atoms with Crippen molar-refractivity contribution in [3.8, 4) is 5.75 Å². The molecule has 1 N–H and O–H groups in total. The Morgan fingerprint density at radius 1 is 0.750 bits per heavy atom. The molecule has 0 heterocycles. The number of benzene rings is 4. The zero-order valence-electron chi connectivity index (χ0n) is 15.2. The van der Waals surface area contributed by atoms with E-state index in [0.717, 1.165) is 33.0 Å². The highest BCUT2D eigenvalue weighted by Gasteiger charge is 2.31. The molecule has 1 unspecified atom stereocenters. The third-order valence-corrected chi connectivity index (χ3v) is 5.42. The highest BCUT2D eigenvalue weighted by atomic mass is 16.3. The number of hydrogen-bond acceptors (Lipinski definition) is 2. The number of rotatable bonds is 3. The minimum Gasteiger partial charge on any atom is -0.508 e. The largest absolute Gasteiger partial charge is 0.508 e. The molecule has 2 heteroatoms. The van der Waals surface area contributed by atoms with Crippen LogP contribution in [0.5, 0.6) is 5.75 Å². The van der Waals surface area contributed by atoms with E-state index in [1.165, 1.54) is 0 Å². The van der Waals surface area contributed by atoms with Crippen molar-refractivity contribution < 1.29 is 9.90 Å². The zero-order chi connectivity index (χ0) is 19.1. The van der Waals surface area contributed by atoms with E-state index in [1.54, 1.807) is 24.3 Å². The van der Waals surface area contributed by atoms with Crippen molar-refractivity contribution in [1.29, 1.82) is 0 Å². The molecular weight excluding hydrogens is 344 g/mol. The molecule has 5 rings (SSSR count). The van der Waals surface area contributed by atoms with E-state index in [4.69, 9.17) is 0 Å². The van der Waals surface area contributed by atoms with Gasteiger partial charge in [0.1, 0.15) is 5.75 Å². The van der Waals surface area contributed by atoms with Crippen LogP contribution in [0, 0.1) is 0 Å². The normalized spacial score (nSPS) is 15.3. The summed E-state index contributed by atoms with van der Waals surface area (Å²) in [6, 6.07) is 29.0. The summed E-state index contributed by atoms with van der Waals surface area (Å²) in [7, 11) is 0. The van der Waals surface area contributed by atoms with Gasteiger partial charge in [-0.1, -0.05) is 66.7 Å². The van der Waals surface area contributed by atoms with E-state index in [-0.39, 0.29) is 17.5 Å². The molecule has 0 aromatic heterocycles. The number of hydrogen-bond donors (Lipinski definition) is 1. The molecule has 134 valence electrons. The lowest BCUT2D eigenvalue weighted by Crippen LogP contribution is -2.17. The SMILES string of the molecule is O=C(c1ccc(O)cc1)C1C(c2ccccc2)=Cc2cccc3cccc1c23. The topological polar surface area (TPSA) is 37.3 Å². The van der Waals surface area contributed by atoms with E-state index in [9.17, 15) is 9.90 Å². The molecule has 1 atom stereocenters. The van der Waals surface area contributed by atoms with Gasteiger partial charge in [0.05, 0.1) is 5.92 Å². The van der Waals surface area contributed by atoms with Crippen molar-refractivity contribution in [3.05, 3.63) is 113 Å². The van der Waals surface area contributed by atoms with E-state index in [0.29, 0.717) is 5.56 Å². The Morgan fingerprint density at radius 2 is 1.46 bits per heavy atom. The minimum absolute atomic E-state index is 0.0390. The van der Waals surface area contributed by atoms with Crippen LogP contribution in [0.25, 0.3) is 22.4 Å². The molecule has 0 radical (unpaired) electrons. The molecular formula is C26H18O2. The summed E-state index contributed by atoms with van der Waals surface area (Å²) >= 11 is 0. The van der Waals surface area contributed by atoms with Crippen molar-refractivity contribution in [3.63, 3.8) is 0 Å². The van der Waals surface area contributed by atoms with Gasteiger partial charge in [-0.05, 0) is 63.4 Å². The van der Waals surface area contributed by atoms with Gasteiger partial charge < -0.3 is 5.11 Å². The van der Waals surface area contributed by atoms with Crippen LogP contribution in [-0.4, -0.2) is 10.9 Å². The summed E-state index contributed by atoms with van der Waals surface area (Å²) in [5, 5.41) is 11.9. The molecule has 0 fully saturated rings. The minimum atomic E-state index is -0.384. The molecule has 4 aromatic carbocycles. The lowest BCUT2D eigenvalue weighted by Gasteiger charge is -2.27. The molecule has 1 aliphatic rings. The van der Waals surface area contributed by atoms with Crippen LogP contribution in [0.1, 0.15) is 33.0 Å². The number of phenols is 1. The van der Waals surface area contributed by atoms with Crippen molar-refractivity contribution in [2.24, 2.45) is 0 Å². The van der Waals surface area contributed by atoms with Gasteiger partial charge >= 0.3 is 0 Å². The Bertz CT molecular complexity index is 1210. The molecule has 0 aliphatic heterocycles. The van der Waals surface area contributed by atoms with Crippen LogP contribution in [0.4, 0.5) is 0 Å². The number of aromatic hydroxyl groups is 1. The third-order valence-electron chi connectivity index (χ3n) is 5.42. The summed E-state index contributed by atoms with van der Waals surface area (Å²) < 4.78 is 0. The number of Topliss-reactive ketones (excluding diaryl/α,β-unsaturated/α-hetero) is 1. The molecule has 0 saturated carbocycles. The van der Waals surface area contributed by atoms with Crippen LogP contribution in [0.3, 0.4) is 0 Å². The lowest BCUT2D eigenvalue weighted by atomic mass is 9.75. The van der Waals surface area contributed by atoms with E-state index in [2.05, 4.69) is 48.5 Å². The smallest absolute Gasteiger partial charge is 0.174 e. The van der Waals surface area contributed by atoms with Crippen LogP contribution in [0.15, 0.2) is 91.0 Å². The first-order chi connectivity index (χ1) is 13.7. The molecule has 4 aromatic rings. The second-order valence-electron chi connectivity index (χ2n) is 7.10. The Kier molecular flexibility index (Phi) is 3.84. The number of carbonyl (C=O) groups is 1. The fourth-order valence-corrected chi connectivity index (χ4v) is 4.13. The Balaban J connectivity index is 1.77. The second-order valence-corrected chi connectivity index (χ2v) is 7.10. The Hall–Kier alpha value is -3.65. The van der Waals surface area contributed by atoms with Gasteiger partial charge in [0.25, 0.3) is 0 Å². The summed E-state index contributed by atoms with van der Waals surface area (Å²) in [5.41, 5.74) is 4.83. The van der Waals surface area contributed by atoms with Gasteiger partial charge in [-0.25, -0.2) is 0 Å². The molecule has 0 spiro atoms. The van der Waals surface area contributed by atoms with Crippen molar-refractivity contribution in [2.45, 2.75) is 5.92 Å². The number of ketones is 1. The van der Waals surface area contributed by atoms with Crippen LogP contribution < -0.4 is 0 Å². The fraction of sp³-hybridized carbons (Fsp3) is 0.0385. The Labute approximate surface area is 163 Å². The average molecular weight is 362 g/mol. The van der Waals surface area contributed by atoms with Gasteiger partial charge in [0.2, 0.25) is 0 Å². The fourth-order valence-electron chi connectivity index (χ4n) is 4.13. The standard InChI is InChI=1S/C26H18O2/c27-21-14-12-19(13-15-21)26(28)25-22-11-5-9-18-8-4-10-20(24(18)22)16-23(25)17-6-2-1-3-7-17/h1-16,25,27H. The molecule has 2 nitrogen and oxygen atoms in total. The van der Waals surface area contributed by atoms with E-state index < -0.39 is 0 Å². The summed E-state index contributed by atoms with van der Waals surface area (Å²) in [4.78, 5) is 13.6. The Morgan fingerprint density at radius 3 is 2.21 bits per heavy atom. The zero-order valence-corrected chi connectivity index (χ0v) is 15.2. The maximum atomic E-state index is 13.6. The first-order valence-corrected chi connectivity index (χ1v) is 9.34. The second kappa shape index (κ2) is 6.50. The molecule has 0 amide bonds. The number of carbonyl (C=O) groups excluding carboxylic acids is 1. The first-order valence-electron chi connectivity index (χ1n) is 9.34.